The third-order valence-corrected chi connectivity index (χ3v) is 5.23. The molecule has 118 valence electrons. The molecule has 3 aliphatic rings. The Morgan fingerprint density at radius 1 is 1.29 bits per heavy atom. The molecule has 3 rings (SSSR count). The molecule has 1 aliphatic heterocycles. The minimum atomic E-state index is -0.135. The van der Waals surface area contributed by atoms with E-state index >= 15 is 0 Å². The Bertz CT molecular complexity index is 402. The van der Waals surface area contributed by atoms with Crippen molar-refractivity contribution in [3.05, 3.63) is 0 Å². The summed E-state index contributed by atoms with van der Waals surface area (Å²) in [4.78, 5) is 28.6. The first-order valence-corrected chi connectivity index (χ1v) is 8.42. The van der Waals surface area contributed by atoms with E-state index in [0.29, 0.717) is 25.6 Å². The first kappa shape index (κ1) is 14.8. The minimum Gasteiger partial charge on any atom is -0.355 e. The number of hydrogen-bond acceptors (Lipinski definition) is 3. The van der Waals surface area contributed by atoms with Crippen LogP contribution in [0.1, 0.15) is 44.9 Å². The summed E-state index contributed by atoms with van der Waals surface area (Å²) in [6.07, 6.45) is 7.66. The van der Waals surface area contributed by atoms with Gasteiger partial charge in [-0.3, -0.25) is 9.59 Å². The molecule has 0 unspecified atom stereocenters. The van der Waals surface area contributed by atoms with Gasteiger partial charge in [-0.05, 0) is 32.7 Å². The third-order valence-electron chi connectivity index (χ3n) is 5.23. The maximum absolute atomic E-state index is 12.2. The summed E-state index contributed by atoms with van der Waals surface area (Å²) in [5.74, 6) is 0.106. The second-order valence-electron chi connectivity index (χ2n) is 6.89. The van der Waals surface area contributed by atoms with Crippen LogP contribution in [-0.2, 0) is 9.59 Å². The largest absolute Gasteiger partial charge is 0.355 e. The van der Waals surface area contributed by atoms with Gasteiger partial charge in [0.15, 0.2) is 0 Å². The molecule has 0 aromatic heterocycles. The van der Waals surface area contributed by atoms with Crippen molar-refractivity contribution in [2.75, 3.05) is 26.7 Å². The fourth-order valence-corrected chi connectivity index (χ4v) is 3.67. The zero-order valence-corrected chi connectivity index (χ0v) is 13.0. The zero-order chi connectivity index (χ0) is 14.8. The van der Waals surface area contributed by atoms with Gasteiger partial charge < -0.3 is 15.1 Å². The summed E-state index contributed by atoms with van der Waals surface area (Å²) in [7, 11) is 2.12. The van der Waals surface area contributed by atoms with E-state index in [9.17, 15) is 9.59 Å². The van der Waals surface area contributed by atoms with Gasteiger partial charge in [-0.1, -0.05) is 12.8 Å². The van der Waals surface area contributed by atoms with Crippen LogP contribution in [0.25, 0.3) is 0 Å². The van der Waals surface area contributed by atoms with Crippen LogP contribution in [0, 0.1) is 5.92 Å². The van der Waals surface area contributed by atoms with E-state index in [2.05, 4.69) is 17.3 Å². The number of hydrogen-bond donors (Lipinski definition) is 1. The van der Waals surface area contributed by atoms with E-state index in [0.717, 1.165) is 25.4 Å². The van der Waals surface area contributed by atoms with E-state index in [1.807, 2.05) is 4.90 Å². The molecule has 2 amide bonds. The molecule has 0 radical (unpaired) electrons. The highest BCUT2D eigenvalue weighted by Gasteiger charge is 2.38. The Labute approximate surface area is 127 Å². The molecule has 5 nitrogen and oxygen atoms in total. The van der Waals surface area contributed by atoms with Crippen molar-refractivity contribution in [1.29, 1.82) is 0 Å². The quantitative estimate of drug-likeness (QED) is 0.794. The smallest absolute Gasteiger partial charge is 0.225 e. The van der Waals surface area contributed by atoms with E-state index in [1.165, 1.54) is 25.7 Å². The number of likely N-dealkylation sites (tertiary alicyclic amines) is 1. The molecule has 2 aliphatic carbocycles. The van der Waals surface area contributed by atoms with E-state index in [-0.39, 0.29) is 17.7 Å². The Kier molecular flexibility index (Phi) is 4.48. The van der Waals surface area contributed by atoms with Crippen molar-refractivity contribution in [2.24, 2.45) is 5.92 Å². The number of rotatable bonds is 6. The second kappa shape index (κ2) is 6.34. The molecule has 0 aromatic rings. The molecule has 1 saturated heterocycles. The number of carbonyl (C=O) groups is 2. The Morgan fingerprint density at radius 3 is 2.67 bits per heavy atom. The summed E-state index contributed by atoms with van der Waals surface area (Å²) >= 11 is 0. The molecular formula is C16H27N3O2. The van der Waals surface area contributed by atoms with Crippen molar-refractivity contribution in [1.82, 2.24) is 15.1 Å². The second-order valence-corrected chi connectivity index (χ2v) is 6.89. The lowest BCUT2D eigenvalue weighted by atomic mass is 10.1. The SMILES string of the molecule is CN(CCNC(=O)[C@H]1CC(=O)N(C2CCCC2)C1)C1CC1. The van der Waals surface area contributed by atoms with Crippen molar-refractivity contribution in [3.8, 4) is 0 Å². The summed E-state index contributed by atoms with van der Waals surface area (Å²) in [5, 5.41) is 3.01. The summed E-state index contributed by atoms with van der Waals surface area (Å²) < 4.78 is 0. The molecule has 5 heteroatoms. The van der Waals surface area contributed by atoms with Crippen molar-refractivity contribution >= 4 is 11.8 Å². The topological polar surface area (TPSA) is 52.7 Å². The zero-order valence-electron chi connectivity index (χ0n) is 13.0. The van der Waals surface area contributed by atoms with Gasteiger partial charge >= 0.3 is 0 Å². The van der Waals surface area contributed by atoms with Gasteiger partial charge in [0.2, 0.25) is 11.8 Å². The molecule has 0 bridgehead atoms. The molecule has 2 saturated carbocycles. The van der Waals surface area contributed by atoms with Crippen LogP contribution >= 0.6 is 0 Å². The summed E-state index contributed by atoms with van der Waals surface area (Å²) in [5.41, 5.74) is 0. The van der Waals surface area contributed by atoms with E-state index in [4.69, 9.17) is 0 Å². The number of likely N-dealkylation sites (N-methyl/N-ethyl adjacent to an activating group) is 1. The molecule has 1 N–H and O–H groups in total. The summed E-state index contributed by atoms with van der Waals surface area (Å²) in [6, 6.07) is 1.13. The molecule has 0 spiro atoms. The molecule has 0 aromatic carbocycles. The molecule has 1 heterocycles. The van der Waals surface area contributed by atoms with Gasteiger partial charge in [0.25, 0.3) is 0 Å². The molecule has 3 fully saturated rings. The van der Waals surface area contributed by atoms with Gasteiger partial charge in [0.05, 0.1) is 5.92 Å². The number of nitrogens with zero attached hydrogens (tertiary/aromatic N) is 2. The fourth-order valence-electron chi connectivity index (χ4n) is 3.67. The maximum atomic E-state index is 12.2. The van der Waals surface area contributed by atoms with Crippen LogP contribution in [0.4, 0.5) is 0 Å². The fraction of sp³-hybridized carbons (Fsp3) is 0.875. The number of nitrogens with one attached hydrogen (secondary N) is 1. The highest BCUT2D eigenvalue weighted by molar-refractivity contribution is 5.89. The monoisotopic (exact) mass is 293 g/mol. The molecular weight excluding hydrogens is 266 g/mol. The normalized spacial score (nSPS) is 26.9. The highest BCUT2D eigenvalue weighted by Crippen LogP contribution is 2.29. The molecule has 1 atom stereocenters. The van der Waals surface area contributed by atoms with E-state index < -0.39 is 0 Å². The van der Waals surface area contributed by atoms with Crippen LogP contribution in [0.15, 0.2) is 0 Å². The van der Waals surface area contributed by atoms with Crippen LogP contribution in [0.5, 0.6) is 0 Å². The predicted octanol–water partition coefficient (Wildman–Crippen LogP) is 0.988. The summed E-state index contributed by atoms with van der Waals surface area (Å²) in [6.45, 7) is 2.23. The lowest BCUT2D eigenvalue weighted by molar-refractivity contribution is -0.130. The maximum Gasteiger partial charge on any atom is 0.225 e. The van der Waals surface area contributed by atoms with Crippen LogP contribution in [-0.4, -0.2) is 60.4 Å². The number of amides is 2. The van der Waals surface area contributed by atoms with Gasteiger partial charge in [-0.2, -0.15) is 0 Å². The average Bonchev–Trinajstić information content (AvgIpc) is 3.04. The first-order chi connectivity index (χ1) is 10.1. The first-order valence-electron chi connectivity index (χ1n) is 8.42. The lowest BCUT2D eigenvalue weighted by Crippen LogP contribution is -2.39. The van der Waals surface area contributed by atoms with Gasteiger partial charge in [0, 0.05) is 38.1 Å². The van der Waals surface area contributed by atoms with Gasteiger partial charge in [-0.15, -0.1) is 0 Å². The van der Waals surface area contributed by atoms with E-state index in [1.54, 1.807) is 0 Å². The number of carbonyl (C=O) groups excluding carboxylic acids is 2. The van der Waals surface area contributed by atoms with Crippen molar-refractivity contribution < 1.29 is 9.59 Å². The minimum absolute atomic E-state index is 0.0630. The van der Waals surface area contributed by atoms with Gasteiger partial charge in [-0.25, -0.2) is 0 Å². The Balaban J connectivity index is 1.41. The Morgan fingerprint density at radius 2 is 2.00 bits per heavy atom. The highest BCUT2D eigenvalue weighted by atomic mass is 16.2. The van der Waals surface area contributed by atoms with Gasteiger partial charge in [0.1, 0.15) is 0 Å². The molecule has 21 heavy (non-hydrogen) atoms. The Hall–Kier alpha value is -1.10. The third kappa shape index (κ3) is 3.57. The van der Waals surface area contributed by atoms with Crippen molar-refractivity contribution in [3.63, 3.8) is 0 Å². The van der Waals surface area contributed by atoms with Crippen LogP contribution in [0.3, 0.4) is 0 Å². The van der Waals surface area contributed by atoms with Crippen LogP contribution in [0.2, 0.25) is 0 Å². The van der Waals surface area contributed by atoms with Crippen LogP contribution < -0.4 is 5.32 Å². The lowest BCUT2D eigenvalue weighted by Gasteiger charge is -2.24. The standard InChI is InChI=1S/C16H27N3O2/c1-18(13-6-7-13)9-8-17-16(21)12-10-15(20)19(11-12)14-4-2-3-5-14/h12-14H,2-11H2,1H3,(H,17,21)/t12-/m0/s1. The predicted molar refractivity (Wildman–Crippen MR) is 80.7 cm³/mol. The van der Waals surface area contributed by atoms with Crippen molar-refractivity contribution in [2.45, 2.75) is 57.0 Å². The average molecular weight is 293 g/mol.